The number of aliphatic hydroxyl groups excluding tert-OH is 3. The van der Waals surface area contributed by atoms with Crippen molar-refractivity contribution in [2.24, 2.45) is 17.4 Å². The number of hydrogen-bond donors (Lipinski definition) is 13. The van der Waals surface area contributed by atoms with Crippen LogP contribution in [0.5, 0.6) is 5.75 Å². The van der Waals surface area contributed by atoms with E-state index < -0.39 is 175 Å². The van der Waals surface area contributed by atoms with Crippen LogP contribution < -0.4 is 58.7 Å². The van der Waals surface area contributed by atoms with E-state index in [2.05, 4.69) is 42.5 Å². The Morgan fingerprint density at radius 2 is 1.29 bits per heavy atom. The number of ether oxygens (including phenoxy) is 1. The third-order valence-electron chi connectivity index (χ3n) is 14.1. The first kappa shape index (κ1) is 73.1. The van der Waals surface area contributed by atoms with Crippen molar-refractivity contribution in [3.05, 3.63) is 53.4 Å². The molecule has 28 heteroatoms. The summed E-state index contributed by atoms with van der Waals surface area (Å²) in [6.45, 7) is 9.51. The second-order valence-corrected chi connectivity index (χ2v) is 21.4. The van der Waals surface area contributed by atoms with Crippen molar-refractivity contribution < 1.29 is 77.6 Å². The summed E-state index contributed by atoms with van der Waals surface area (Å²) < 4.78 is 5.25. The predicted molar refractivity (Wildman–Crippen MR) is 310 cm³/mol. The van der Waals surface area contributed by atoms with Crippen LogP contribution in [0.3, 0.4) is 0 Å². The average molecular weight is 1200 g/mol. The quantitative estimate of drug-likeness (QED) is 0.0493. The number of unbranched alkanes of at least 4 members (excludes halogenated alkanes) is 4. The number of aliphatic hydroxyl groups is 3. The van der Waals surface area contributed by atoms with Gasteiger partial charge in [-0.1, -0.05) is 77.2 Å². The average Bonchev–Trinajstić information content (AvgIpc) is 3.55. The van der Waals surface area contributed by atoms with E-state index >= 15 is 0 Å². The van der Waals surface area contributed by atoms with Gasteiger partial charge in [0.2, 0.25) is 53.2 Å². The van der Waals surface area contributed by atoms with Crippen LogP contribution in [0, 0.1) is 5.92 Å². The molecule has 10 atom stereocenters. The number of benzene rings is 1. The number of nitrogens with zero attached hydrogens (tertiary/aromatic N) is 2. The van der Waals surface area contributed by atoms with Gasteiger partial charge in [0.25, 0.3) is 17.7 Å². The van der Waals surface area contributed by atoms with Gasteiger partial charge in [0, 0.05) is 20.5 Å². The second kappa shape index (κ2) is 36.7. The summed E-state index contributed by atoms with van der Waals surface area (Å²) in [5, 5.41) is 53.3. The summed E-state index contributed by atoms with van der Waals surface area (Å²) in [6.07, 6.45) is 0.0297. The van der Waals surface area contributed by atoms with Crippen molar-refractivity contribution in [3.8, 4) is 5.75 Å². The van der Waals surface area contributed by atoms with Crippen LogP contribution in [-0.4, -0.2) is 184 Å². The molecule has 0 aliphatic carbocycles. The molecule has 2 unspecified atom stereocenters. The SMILES string of the molecule is C/C=C1\NC(=O)[C@H](CC(N)=O)N(C)C(=O)C([C@@H](C)O)NC(=O)C(CCCc2ccc(OC)cc2)NC(=O)[C@H](C(C)C)NC(=O)/C(=C\C)NC(=O)[C@H](O)[C@@H](C[C@@H](O)CCCCCCC)NC(=O)[C@H](C)NC(=O)CN(C)C(=O)[C@H](CCC(N)=O)NC1=O. The maximum absolute atomic E-state index is 14.4. The minimum absolute atomic E-state index is 0.102. The number of rotatable bonds is 20. The van der Waals surface area contributed by atoms with E-state index in [9.17, 15) is 72.9 Å². The highest BCUT2D eigenvalue weighted by Crippen LogP contribution is 2.18. The van der Waals surface area contributed by atoms with Crippen LogP contribution in [0.2, 0.25) is 0 Å². The number of methoxy groups -OCH3 is 1. The number of amides is 12. The highest BCUT2D eigenvalue weighted by molar-refractivity contribution is 6.04. The van der Waals surface area contributed by atoms with Crippen LogP contribution in [0.4, 0.5) is 0 Å². The van der Waals surface area contributed by atoms with Crippen molar-refractivity contribution in [2.75, 3.05) is 27.7 Å². The molecule has 1 saturated heterocycles. The van der Waals surface area contributed by atoms with Crippen molar-refractivity contribution in [3.63, 3.8) is 0 Å². The highest BCUT2D eigenvalue weighted by atomic mass is 16.5. The van der Waals surface area contributed by atoms with Gasteiger partial charge in [-0.15, -0.1) is 0 Å². The molecule has 28 nitrogen and oxygen atoms in total. The lowest BCUT2D eigenvalue weighted by Crippen LogP contribution is -2.61. The first-order valence-electron chi connectivity index (χ1n) is 28.5. The van der Waals surface area contributed by atoms with E-state index in [0.717, 1.165) is 56.2 Å². The highest BCUT2D eigenvalue weighted by Gasteiger charge is 2.39. The topological polar surface area (TPSA) is 430 Å². The van der Waals surface area contributed by atoms with Crippen molar-refractivity contribution >= 4 is 70.9 Å². The summed E-state index contributed by atoms with van der Waals surface area (Å²) in [4.78, 5) is 166. The number of carbonyl (C=O) groups is 12. The van der Waals surface area contributed by atoms with Gasteiger partial charge in [-0.25, -0.2) is 0 Å². The molecule has 474 valence electrons. The Labute approximate surface area is 496 Å². The Morgan fingerprint density at radius 1 is 0.694 bits per heavy atom. The maximum atomic E-state index is 14.4. The molecular formula is C57H90N12O16. The molecule has 1 aromatic rings. The molecule has 12 amide bonds. The maximum Gasteiger partial charge on any atom is 0.268 e. The Hall–Kier alpha value is -7.98. The summed E-state index contributed by atoms with van der Waals surface area (Å²) in [6, 6.07) is -4.14. The van der Waals surface area contributed by atoms with Gasteiger partial charge in [-0.3, -0.25) is 57.5 Å². The molecule has 0 bridgehead atoms. The number of allylic oxidation sites excluding steroid dienone is 2. The van der Waals surface area contributed by atoms with Crippen LogP contribution >= 0.6 is 0 Å². The Morgan fingerprint density at radius 3 is 1.85 bits per heavy atom. The van der Waals surface area contributed by atoms with Crippen LogP contribution in [0.15, 0.2) is 47.8 Å². The molecule has 0 spiro atoms. The number of likely N-dealkylation sites (N-methyl/N-ethyl adjacent to an activating group) is 2. The van der Waals surface area contributed by atoms with E-state index in [0.29, 0.717) is 23.5 Å². The van der Waals surface area contributed by atoms with Gasteiger partial charge in [-0.2, -0.15) is 0 Å². The third kappa shape index (κ3) is 24.6. The molecular weight excluding hydrogens is 1110 g/mol. The molecule has 1 fully saturated rings. The van der Waals surface area contributed by atoms with Gasteiger partial charge >= 0.3 is 0 Å². The lowest BCUT2D eigenvalue weighted by molar-refractivity contribution is -0.145. The first-order chi connectivity index (χ1) is 40.0. The van der Waals surface area contributed by atoms with Crippen molar-refractivity contribution in [2.45, 2.75) is 193 Å². The lowest BCUT2D eigenvalue weighted by Gasteiger charge is -2.32. The summed E-state index contributed by atoms with van der Waals surface area (Å²) in [5.74, 6) is -12.6. The van der Waals surface area contributed by atoms with Crippen LogP contribution in [0.25, 0.3) is 0 Å². The van der Waals surface area contributed by atoms with Gasteiger partial charge < -0.3 is 83.9 Å². The predicted octanol–water partition coefficient (Wildman–Crippen LogP) is -2.06. The molecule has 2 rings (SSSR count). The number of carbonyl (C=O) groups excluding carboxylic acids is 12. The van der Waals surface area contributed by atoms with Gasteiger partial charge in [0.1, 0.15) is 53.4 Å². The van der Waals surface area contributed by atoms with Gasteiger partial charge in [0.15, 0.2) is 6.10 Å². The minimum Gasteiger partial charge on any atom is -0.497 e. The molecule has 0 saturated carbocycles. The zero-order chi connectivity index (χ0) is 64.2. The third-order valence-corrected chi connectivity index (χ3v) is 14.1. The zero-order valence-corrected chi connectivity index (χ0v) is 50.4. The number of aryl methyl sites for hydroxylation is 1. The molecule has 0 aromatic heterocycles. The molecule has 0 radical (unpaired) electrons. The van der Waals surface area contributed by atoms with E-state index in [1.165, 1.54) is 41.0 Å². The van der Waals surface area contributed by atoms with Gasteiger partial charge in [-0.05, 0) is 89.8 Å². The van der Waals surface area contributed by atoms with E-state index in [-0.39, 0.29) is 25.7 Å². The number of hydrogen-bond acceptors (Lipinski definition) is 16. The fourth-order valence-electron chi connectivity index (χ4n) is 8.98. The van der Waals surface area contributed by atoms with E-state index in [1.54, 1.807) is 38.1 Å². The van der Waals surface area contributed by atoms with Gasteiger partial charge in [0.05, 0.1) is 38.3 Å². The zero-order valence-electron chi connectivity index (χ0n) is 50.4. The monoisotopic (exact) mass is 1200 g/mol. The Kier molecular flexibility index (Phi) is 31.5. The van der Waals surface area contributed by atoms with Crippen molar-refractivity contribution in [1.29, 1.82) is 0 Å². The molecule has 1 aliphatic rings. The largest absolute Gasteiger partial charge is 0.497 e. The number of nitrogens with one attached hydrogen (secondary N) is 8. The fourth-order valence-corrected chi connectivity index (χ4v) is 8.98. The molecule has 15 N–H and O–H groups in total. The summed E-state index contributed by atoms with van der Waals surface area (Å²) >= 11 is 0. The van der Waals surface area contributed by atoms with E-state index in [4.69, 9.17) is 16.2 Å². The van der Waals surface area contributed by atoms with Crippen molar-refractivity contribution in [1.82, 2.24) is 52.3 Å². The summed E-state index contributed by atoms with van der Waals surface area (Å²) in [5.41, 5.74) is 10.7. The molecule has 1 heterocycles. The fraction of sp³-hybridized carbons (Fsp3) is 0.614. The summed E-state index contributed by atoms with van der Waals surface area (Å²) in [7, 11) is 3.72. The molecule has 1 aromatic carbocycles. The minimum atomic E-state index is -2.14. The normalized spacial score (nSPS) is 24.6. The Bertz CT molecular complexity index is 2560. The number of primary amides is 2. The second-order valence-electron chi connectivity index (χ2n) is 21.4. The Balaban J connectivity index is 2.80. The van der Waals surface area contributed by atoms with Crippen LogP contribution in [0.1, 0.15) is 131 Å². The smallest absolute Gasteiger partial charge is 0.268 e. The standard InChI is InChI=1S/C57H90N12O16/c1-11-14-15-16-17-20-35(71)28-41-48(75)55(82)62-38(13-3)51(78)66-46(31(4)5)54(81)63-39(21-18-19-34-22-24-36(85-10)25-23-34)52(79)67-47(33(7)70)57(84)69(9)42(29-44(59)73)53(80)61-37(12-2)50(77)64-40(26-27-43(58)72)56(83)68(8)30-45(74)60-32(6)49(76)65-41/h12-13,22-25,31-33,35,39-42,46-48,70-71,75H,11,14-21,26-30H2,1-10H3,(H2,58,72)(H2,59,73)(H,60,74)(H,61,80)(H,62,82)(H,63,81)(H,64,77)(H,65,76)(H,66,78)(H,67,79)/b37-12-,38-13+/t32-,33+,35-,39?,40-,41+,42-,46-,47?,48+/m0/s1. The molecule has 85 heavy (non-hydrogen) atoms. The number of nitrogens with two attached hydrogens (primary N) is 2. The first-order valence-corrected chi connectivity index (χ1v) is 28.5. The lowest BCUT2D eigenvalue weighted by atomic mass is 9.98. The molecule has 1 aliphatic heterocycles. The van der Waals surface area contributed by atoms with Crippen LogP contribution in [-0.2, 0) is 64.0 Å². The van der Waals surface area contributed by atoms with E-state index in [1.807, 2.05) is 6.92 Å².